The first kappa shape index (κ1) is 45.9. The van der Waals surface area contributed by atoms with Gasteiger partial charge in [0.15, 0.2) is 11.9 Å². The van der Waals surface area contributed by atoms with E-state index in [0.717, 1.165) is 18.2 Å². The van der Waals surface area contributed by atoms with Crippen LogP contribution in [0.4, 0.5) is 13.2 Å². The fourth-order valence-electron chi connectivity index (χ4n) is 6.60. The second-order valence-corrected chi connectivity index (χ2v) is 17.0. The number of halogens is 3. The highest BCUT2D eigenvalue weighted by molar-refractivity contribution is 8.00. The van der Waals surface area contributed by atoms with Gasteiger partial charge in [0.05, 0.1) is 62.0 Å². The third-order valence-corrected chi connectivity index (χ3v) is 12.4. The maximum absolute atomic E-state index is 16.2. The molecule has 0 aliphatic carbocycles. The van der Waals surface area contributed by atoms with Crippen molar-refractivity contribution in [3.05, 3.63) is 174 Å². The summed E-state index contributed by atoms with van der Waals surface area (Å²) in [4.78, 5) is 18.8. The van der Waals surface area contributed by atoms with Crippen molar-refractivity contribution in [1.82, 2.24) is 14.8 Å². The number of allylic oxidation sites excluding steroid dienone is 2. The van der Waals surface area contributed by atoms with Gasteiger partial charge in [-0.1, -0.05) is 66.8 Å². The third kappa shape index (κ3) is 11.4. The first-order chi connectivity index (χ1) is 30.0. The number of carbonyl (C=O) groups excluding carboxylic acids is 1. The predicted octanol–water partition coefficient (Wildman–Crippen LogP) is 9.64. The van der Waals surface area contributed by atoms with E-state index in [1.165, 1.54) is 59.4 Å². The Morgan fingerprint density at radius 1 is 1.02 bits per heavy atom. The Labute approximate surface area is 360 Å². The van der Waals surface area contributed by atoms with E-state index in [2.05, 4.69) is 23.2 Å². The Morgan fingerprint density at radius 3 is 2.42 bits per heavy atom. The number of esters is 1. The molecule has 2 atom stereocenters. The van der Waals surface area contributed by atoms with Gasteiger partial charge in [-0.25, -0.2) is 32.2 Å². The second-order valence-electron chi connectivity index (χ2n) is 13.7. The number of nitriles is 1. The monoisotopic (exact) mass is 886 g/mol. The lowest BCUT2D eigenvalue weighted by Gasteiger charge is -2.40. The Bertz CT molecular complexity index is 2510. The van der Waals surface area contributed by atoms with Crippen LogP contribution >= 0.6 is 19.6 Å². The number of nitrogens with zero attached hydrogens (tertiary/aromatic N) is 4. The second kappa shape index (κ2) is 21.4. The molecular weight excluding hydrogens is 845 g/mol. The number of phosphoric ester groups is 1. The van der Waals surface area contributed by atoms with Crippen molar-refractivity contribution in [3.8, 4) is 6.07 Å². The molecule has 6 rings (SSSR count). The van der Waals surface area contributed by atoms with Gasteiger partial charge in [-0.2, -0.15) is 10.4 Å². The van der Waals surface area contributed by atoms with Crippen LogP contribution < -0.4 is 0 Å². The summed E-state index contributed by atoms with van der Waals surface area (Å²) in [5.74, 6) is -3.17. The number of hydrogen-bond donors (Lipinski definition) is 0. The Kier molecular flexibility index (Phi) is 15.9. The summed E-state index contributed by atoms with van der Waals surface area (Å²) >= 11 is 1.31. The summed E-state index contributed by atoms with van der Waals surface area (Å²) in [5, 5.41) is 13.1. The van der Waals surface area contributed by atoms with Gasteiger partial charge in [-0.3, -0.25) is 13.6 Å². The lowest BCUT2D eigenvalue weighted by molar-refractivity contribution is -0.146. The van der Waals surface area contributed by atoms with Crippen molar-refractivity contribution in [2.75, 3.05) is 26.4 Å². The van der Waals surface area contributed by atoms with Crippen LogP contribution in [-0.2, 0) is 51.1 Å². The summed E-state index contributed by atoms with van der Waals surface area (Å²) < 4.78 is 94.7. The fourth-order valence-corrected chi connectivity index (χ4v) is 9.06. The first-order valence-electron chi connectivity index (χ1n) is 19.2. The van der Waals surface area contributed by atoms with Crippen LogP contribution in [-0.4, -0.2) is 64.0 Å². The number of ether oxygens (including phenoxy) is 3. The molecule has 1 saturated heterocycles. The SMILES string of the molecule is C=CCOP(=O)(OCC=C)OCc1cccc2cccc(C(=O)O[C@@](Cn3cncn3)(c3ccc(F)cc3F)[C@@H](C)SC3COC(C=CC=Cc4ccc(C#N)cc4F)OC3)c12. The quantitative estimate of drug-likeness (QED) is 0.0318. The van der Waals surface area contributed by atoms with E-state index in [9.17, 15) is 18.1 Å². The van der Waals surface area contributed by atoms with Crippen LogP contribution in [0.15, 0.2) is 129 Å². The van der Waals surface area contributed by atoms with Gasteiger partial charge in [0.1, 0.15) is 30.1 Å². The molecule has 0 bridgehead atoms. The number of carbonyl (C=O) groups is 1. The maximum atomic E-state index is 16.2. The maximum Gasteiger partial charge on any atom is 0.475 e. The average molecular weight is 887 g/mol. The highest BCUT2D eigenvalue weighted by atomic mass is 32.2. The Balaban J connectivity index is 1.28. The third-order valence-electron chi connectivity index (χ3n) is 9.55. The minimum Gasteiger partial charge on any atom is -0.447 e. The molecule has 322 valence electrons. The van der Waals surface area contributed by atoms with Gasteiger partial charge in [-0.15, -0.1) is 24.9 Å². The largest absolute Gasteiger partial charge is 0.475 e. The minimum atomic E-state index is -4.11. The molecule has 2 heterocycles. The molecule has 1 aliphatic rings. The molecule has 1 aliphatic heterocycles. The number of fused-ring (bicyclic) bond motifs is 1. The number of thioether (sulfide) groups is 1. The van der Waals surface area contributed by atoms with Crippen LogP contribution in [0.3, 0.4) is 0 Å². The minimum absolute atomic E-state index is 0.0770. The van der Waals surface area contributed by atoms with Crippen LogP contribution in [0.1, 0.15) is 39.5 Å². The van der Waals surface area contributed by atoms with Crippen molar-refractivity contribution in [1.29, 1.82) is 5.26 Å². The topological polar surface area (TPSA) is 144 Å². The van der Waals surface area contributed by atoms with E-state index in [1.54, 1.807) is 67.6 Å². The predicted molar refractivity (Wildman–Crippen MR) is 228 cm³/mol. The highest BCUT2D eigenvalue weighted by Crippen LogP contribution is 2.50. The smallest absolute Gasteiger partial charge is 0.447 e. The Morgan fingerprint density at radius 2 is 1.76 bits per heavy atom. The summed E-state index contributed by atoms with van der Waals surface area (Å²) in [6.07, 6.45) is 11.2. The zero-order valence-corrected chi connectivity index (χ0v) is 35.2. The molecule has 17 heteroatoms. The number of hydrogen-bond acceptors (Lipinski definition) is 12. The molecule has 0 unspecified atom stereocenters. The van der Waals surface area contributed by atoms with E-state index in [1.807, 2.05) is 6.07 Å². The van der Waals surface area contributed by atoms with E-state index in [0.29, 0.717) is 21.9 Å². The van der Waals surface area contributed by atoms with Crippen molar-refractivity contribution in [2.45, 2.75) is 42.5 Å². The zero-order valence-electron chi connectivity index (χ0n) is 33.5. The number of benzene rings is 4. The van der Waals surface area contributed by atoms with Crippen molar-refractivity contribution in [3.63, 3.8) is 0 Å². The standard InChI is InChI=1S/C45H42F3N4O8PS/c1-4-20-57-61(54,58-21-5-2)59-25-35-13-8-11-34-12-9-14-38(43(34)35)44(53)60-45(28-52-30-50-29-51-52,39-19-18-36(46)23-41(39)48)31(3)62-37-26-55-42(56-27-37)15-7-6-10-33-17-16-32(24-49)22-40(33)47/h4-19,22-23,29-31,37,42H,1-2,20-21,25-28H2,3H3/t31-,37?,42?,45-/m1/s1. The molecule has 62 heavy (non-hydrogen) atoms. The van der Waals surface area contributed by atoms with Crippen LogP contribution in [0, 0.1) is 28.8 Å². The molecule has 1 fully saturated rings. The molecule has 4 aromatic carbocycles. The number of rotatable bonds is 20. The molecule has 0 radical (unpaired) electrons. The molecule has 0 amide bonds. The van der Waals surface area contributed by atoms with E-state index in [-0.39, 0.29) is 61.5 Å². The summed E-state index contributed by atoms with van der Waals surface area (Å²) in [5.41, 5.74) is -0.929. The molecule has 0 saturated carbocycles. The summed E-state index contributed by atoms with van der Waals surface area (Å²) in [6, 6.07) is 19.3. The number of aromatic nitrogens is 3. The van der Waals surface area contributed by atoms with Crippen LogP contribution in [0.2, 0.25) is 0 Å². The van der Waals surface area contributed by atoms with E-state index < -0.39 is 48.4 Å². The average Bonchev–Trinajstić information content (AvgIpc) is 3.79. The normalized spacial score (nSPS) is 17.1. The van der Waals surface area contributed by atoms with Gasteiger partial charge in [-0.05, 0) is 54.3 Å². The highest BCUT2D eigenvalue weighted by Gasteiger charge is 2.47. The van der Waals surface area contributed by atoms with Crippen molar-refractivity contribution in [2.24, 2.45) is 0 Å². The van der Waals surface area contributed by atoms with Gasteiger partial charge in [0.2, 0.25) is 0 Å². The zero-order chi connectivity index (χ0) is 44.1. The Hall–Kier alpha value is -5.63. The fraction of sp³-hybridized carbons (Fsp3) is 0.244. The molecule has 5 aromatic rings. The first-order valence-corrected chi connectivity index (χ1v) is 21.6. The van der Waals surface area contributed by atoms with Gasteiger partial charge in [0, 0.05) is 27.8 Å². The van der Waals surface area contributed by atoms with E-state index in [4.69, 9.17) is 33.0 Å². The molecule has 0 N–H and O–H groups in total. The molecule has 1 aromatic heterocycles. The summed E-state index contributed by atoms with van der Waals surface area (Å²) in [6.45, 7) is 8.50. The van der Waals surface area contributed by atoms with Crippen molar-refractivity contribution < 1.29 is 50.3 Å². The number of phosphoric acid groups is 1. The lowest BCUT2D eigenvalue weighted by atomic mass is 9.89. The summed E-state index contributed by atoms with van der Waals surface area (Å²) in [7, 11) is -4.11. The van der Waals surface area contributed by atoms with Gasteiger partial charge < -0.3 is 14.2 Å². The molecule has 12 nitrogen and oxygen atoms in total. The van der Waals surface area contributed by atoms with Gasteiger partial charge >= 0.3 is 13.8 Å². The van der Waals surface area contributed by atoms with Crippen LogP contribution in [0.5, 0.6) is 0 Å². The van der Waals surface area contributed by atoms with Gasteiger partial charge in [0.25, 0.3) is 0 Å². The van der Waals surface area contributed by atoms with Crippen molar-refractivity contribution >= 4 is 42.4 Å². The molecule has 0 spiro atoms. The molecular formula is C45H42F3N4O8PS. The van der Waals surface area contributed by atoms with E-state index >= 15 is 4.39 Å². The van der Waals surface area contributed by atoms with Crippen LogP contribution in [0.25, 0.3) is 16.8 Å². The lowest BCUT2D eigenvalue weighted by Crippen LogP contribution is -2.47.